The number of hydrogen-bond donors (Lipinski definition) is 1. The van der Waals surface area contributed by atoms with Crippen LogP contribution >= 0.6 is 0 Å². The van der Waals surface area contributed by atoms with Gasteiger partial charge in [0.25, 0.3) is 5.56 Å². The van der Waals surface area contributed by atoms with Crippen LogP contribution in [0, 0.1) is 11.7 Å². The highest BCUT2D eigenvalue weighted by molar-refractivity contribution is 5.87. The topological polar surface area (TPSA) is 82.0 Å². The minimum Gasteiger partial charge on any atom is -0.388 e. The third-order valence-electron chi connectivity index (χ3n) is 6.56. The Kier molecular flexibility index (Phi) is 5.60. The molecule has 1 N–H and O–H groups in total. The molecule has 166 valence electrons. The van der Waals surface area contributed by atoms with E-state index in [9.17, 15) is 14.7 Å². The van der Waals surface area contributed by atoms with Crippen molar-refractivity contribution >= 4 is 10.8 Å². The first-order valence-corrected chi connectivity index (χ1v) is 11.0. The smallest absolute Gasteiger partial charge is 0.350 e. The SMILES string of the molecule is CCn1c(CO)nn(-c2cc3c(C(C)C)cn([C@H]4CCC[C@@H]4C)c(=O)c3cc2F)c1=O. The first-order valence-electron chi connectivity index (χ1n) is 11.0. The maximum atomic E-state index is 15.2. The monoisotopic (exact) mass is 428 g/mol. The molecule has 7 nitrogen and oxygen atoms in total. The van der Waals surface area contributed by atoms with Gasteiger partial charge in [0.15, 0.2) is 5.82 Å². The second kappa shape index (κ2) is 8.07. The van der Waals surface area contributed by atoms with E-state index in [1.54, 1.807) is 17.6 Å². The van der Waals surface area contributed by atoms with E-state index in [4.69, 9.17) is 0 Å². The lowest BCUT2D eigenvalue weighted by Gasteiger charge is -2.22. The molecule has 0 bridgehead atoms. The minimum absolute atomic E-state index is 0.0207. The molecule has 31 heavy (non-hydrogen) atoms. The Bertz CT molecular complexity index is 1250. The normalized spacial score (nSPS) is 19.1. The van der Waals surface area contributed by atoms with Gasteiger partial charge in [0.2, 0.25) is 0 Å². The molecule has 3 aromatic rings. The highest BCUT2D eigenvalue weighted by atomic mass is 19.1. The van der Waals surface area contributed by atoms with Crippen LogP contribution in [0.1, 0.15) is 70.3 Å². The largest absolute Gasteiger partial charge is 0.388 e. The van der Waals surface area contributed by atoms with Gasteiger partial charge in [0.1, 0.15) is 18.1 Å². The maximum Gasteiger partial charge on any atom is 0.350 e. The van der Waals surface area contributed by atoms with Crippen molar-refractivity contribution in [2.24, 2.45) is 5.92 Å². The highest BCUT2D eigenvalue weighted by Gasteiger charge is 2.28. The van der Waals surface area contributed by atoms with Crippen LogP contribution in [0.3, 0.4) is 0 Å². The lowest BCUT2D eigenvalue weighted by molar-refractivity contribution is 0.264. The second-order valence-corrected chi connectivity index (χ2v) is 8.79. The zero-order valence-electron chi connectivity index (χ0n) is 18.4. The first kappa shape index (κ1) is 21.5. The van der Waals surface area contributed by atoms with Crippen molar-refractivity contribution in [1.82, 2.24) is 18.9 Å². The molecule has 2 aromatic heterocycles. The van der Waals surface area contributed by atoms with Crippen molar-refractivity contribution in [1.29, 1.82) is 0 Å². The van der Waals surface area contributed by atoms with Crippen LogP contribution in [0.25, 0.3) is 16.5 Å². The number of aromatic nitrogens is 4. The molecule has 1 fully saturated rings. The van der Waals surface area contributed by atoms with Crippen LogP contribution < -0.4 is 11.2 Å². The zero-order valence-corrected chi connectivity index (χ0v) is 18.4. The summed E-state index contributed by atoms with van der Waals surface area (Å²) in [5.74, 6) is -0.0272. The standard InChI is InChI=1S/C23H29FN4O3/c1-5-26-21(12-29)25-28(23(26)31)20-10-15-16(9-18(20)24)22(30)27(11-17(15)13(2)3)19-8-6-7-14(19)4/h9-11,13-14,19,29H,5-8,12H2,1-4H3/t14-,19-/m0/s1. The van der Waals surface area contributed by atoms with E-state index < -0.39 is 18.1 Å². The highest BCUT2D eigenvalue weighted by Crippen LogP contribution is 2.36. The van der Waals surface area contributed by atoms with Crippen LogP contribution in [0.15, 0.2) is 27.9 Å². The van der Waals surface area contributed by atoms with E-state index in [2.05, 4.69) is 12.0 Å². The summed E-state index contributed by atoms with van der Waals surface area (Å²) in [6, 6.07) is 2.89. The molecule has 4 rings (SSSR count). The summed E-state index contributed by atoms with van der Waals surface area (Å²) >= 11 is 0. The fourth-order valence-corrected chi connectivity index (χ4v) is 4.83. The third-order valence-corrected chi connectivity index (χ3v) is 6.56. The molecule has 2 atom stereocenters. The first-order chi connectivity index (χ1) is 14.8. The molecular formula is C23H29FN4O3. The number of benzene rings is 1. The Morgan fingerprint density at radius 2 is 1.97 bits per heavy atom. The maximum absolute atomic E-state index is 15.2. The molecule has 1 aliphatic rings. The molecule has 0 unspecified atom stereocenters. The summed E-state index contributed by atoms with van der Waals surface area (Å²) in [5.41, 5.74) is 0.183. The van der Waals surface area contributed by atoms with Gasteiger partial charge in [-0.15, -0.1) is 5.10 Å². The lowest BCUT2D eigenvalue weighted by atomic mass is 9.96. The van der Waals surface area contributed by atoms with Crippen LogP contribution in [-0.4, -0.2) is 24.0 Å². The van der Waals surface area contributed by atoms with Crippen LogP contribution in [0.5, 0.6) is 0 Å². The quantitative estimate of drug-likeness (QED) is 0.675. The summed E-state index contributed by atoms with van der Waals surface area (Å²) in [4.78, 5) is 26.1. The molecule has 0 amide bonds. The molecule has 1 aromatic carbocycles. The van der Waals surface area contributed by atoms with E-state index in [1.165, 1.54) is 10.6 Å². The van der Waals surface area contributed by atoms with Crippen molar-refractivity contribution in [2.75, 3.05) is 0 Å². The van der Waals surface area contributed by atoms with Crippen molar-refractivity contribution in [3.63, 3.8) is 0 Å². The van der Waals surface area contributed by atoms with E-state index in [0.717, 1.165) is 29.5 Å². The van der Waals surface area contributed by atoms with E-state index in [-0.39, 0.29) is 29.0 Å². The number of pyridine rings is 1. The predicted octanol–water partition coefficient (Wildman–Crippen LogP) is 3.48. The lowest BCUT2D eigenvalue weighted by Crippen LogP contribution is -2.28. The molecule has 2 heterocycles. The molecule has 0 aliphatic heterocycles. The summed E-state index contributed by atoms with van der Waals surface area (Å²) < 4.78 is 19.3. The average molecular weight is 429 g/mol. The van der Waals surface area contributed by atoms with E-state index in [0.29, 0.717) is 23.2 Å². The minimum atomic E-state index is -0.691. The zero-order chi connectivity index (χ0) is 22.4. The van der Waals surface area contributed by atoms with Gasteiger partial charge < -0.3 is 9.67 Å². The number of halogens is 1. The van der Waals surface area contributed by atoms with Gasteiger partial charge >= 0.3 is 5.69 Å². The summed E-state index contributed by atoms with van der Waals surface area (Å²) in [5, 5.41) is 14.6. The van der Waals surface area contributed by atoms with Crippen LogP contribution in [0.4, 0.5) is 4.39 Å². The van der Waals surface area contributed by atoms with Crippen molar-refractivity contribution in [2.45, 2.75) is 72.1 Å². The van der Waals surface area contributed by atoms with Gasteiger partial charge in [0, 0.05) is 18.8 Å². The number of aliphatic hydroxyl groups is 1. The van der Waals surface area contributed by atoms with Crippen molar-refractivity contribution in [3.8, 4) is 5.69 Å². The fourth-order valence-electron chi connectivity index (χ4n) is 4.83. The Balaban J connectivity index is 2.00. The molecule has 1 aliphatic carbocycles. The number of rotatable bonds is 5. The Labute approximate surface area is 179 Å². The van der Waals surface area contributed by atoms with Crippen LogP contribution in [-0.2, 0) is 13.2 Å². The Morgan fingerprint density at radius 3 is 2.52 bits per heavy atom. The molecule has 0 spiro atoms. The van der Waals surface area contributed by atoms with Gasteiger partial charge in [-0.05, 0) is 54.7 Å². The van der Waals surface area contributed by atoms with E-state index >= 15 is 4.39 Å². The summed E-state index contributed by atoms with van der Waals surface area (Å²) in [7, 11) is 0. The van der Waals surface area contributed by atoms with Crippen molar-refractivity contribution in [3.05, 3.63) is 56.4 Å². The summed E-state index contributed by atoms with van der Waals surface area (Å²) in [6.07, 6.45) is 5.01. The second-order valence-electron chi connectivity index (χ2n) is 8.79. The molecule has 0 saturated heterocycles. The van der Waals surface area contributed by atoms with Gasteiger partial charge in [0.05, 0.1) is 5.39 Å². The van der Waals surface area contributed by atoms with Crippen LogP contribution in [0.2, 0.25) is 0 Å². The van der Waals surface area contributed by atoms with Gasteiger partial charge in [-0.1, -0.05) is 27.2 Å². The number of hydrogen-bond acceptors (Lipinski definition) is 4. The van der Waals surface area contributed by atoms with Gasteiger partial charge in [-0.3, -0.25) is 9.36 Å². The molecule has 1 saturated carbocycles. The Morgan fingerprint density at radius 1 is 1.23 bits per heavy atom. The third kappa shape index (κ3) is 3.43. The fraction of sp³-hybridized carbons (Fsp3) is 0.522. The number of nitrogens with zero attached hydrogens (tertiary/aromatic N) is 4. The Hall–Kier alpha value is -2.74. The number of aliphatic hydroxyl groups excluding tert-OH is 1. The molecule has 0 radical (unpaired) electrons. The molecule has 8 heteroatoms. The molecular weight excluding hydrogens is 399 g/mol. The van der Waals surface area contributed by atoms with Gasteiger partial charge in [-0.2, -0.15) is 4.68 Å². The predicted molar refractivity (Wildman–Crippen MR) is 117 cm³/mol. The average Bonchev–Trinajstić information content (AvgIpc) is 3.30. The van der Waals surface area contributed by atoms with Gasteiger partial charge in [-0.25, -0.2) is 9.18 Å². The number of fused-ring (bicyclic) bond motifs is 1. The summed E-state index contributed by atoms with van der Waals surface area (Å²) in [6.45, 7) is 7.87. The van der Waals surface area contributed by atoms with E-state index in [1.807, 2.05) is 20.0 Å². The van der Waals surface area contributed by atoms with Crippen molar-refractivity contribution < 1.29 is 9.50 Å².